The van der Waals surface area contributed by atoms with Gasteiger partial charge in [-0.1, -0.05) is 0 Å². The molecule has 0 radical (unpaired) electrons. The summed E-state index contributed by atoms with van der Waals surface area (Å²) in [4.78, 5) is 0. The van der Waals surface area contributed by atoms with E-state index in [1.807, 2.05) is 11.4 Å². The molecule has 1 aromatic rings. The molecule has 0 amide bonds. The van der Waals surface area contributed by atoms with Crippen molar-refractivity contribution in [3.8, 4) is 0 Å². The predicted octanol–water partition coefficient (Wildman–Crippen LogP) is 2.08. The van der Waals surface area contributed by atoms with Gasteiger partial charge < -0.3 is 0 Å². The van der Waals surface area contributed by atoms with Crippen molar-refractivity contribution in [1.29, 1.82) is 0 Å². The minimum absolute atomic E-state index is 0.755. The standard InChI is InChI=1S/C5H6BrNO2S2/c1-7(11(8)9)5-4(6)2-3-10-5/h2-3H,1H3,(H,8,9). The van der Waals surface area contributed by atoms with E-state index in [4.69, 9.17) is 4.55 Å². The summed E-state index contributed by atoms with van der Waals surface area (Å²) in [5.41, 5.74) is 0. The van der Waals surface area contributed by atoms with E-state index < -0.39 is 11.3 Å². The number of hydrogen-bond donors (Lipinski definition) is 1. The summed E-state index contributed by atoms with van der Waals surface area (Å²) < 4.78 is 21.4. The van der Waals surface area contributed by atoms with Crippen LogP contribution >= 0.6 is 27.3 Å². The van der Waals surface area contributed by atoms with Crippen molar-refractivity contribution in [2.24, 2.45) is 0 Å². The molecule has 0 saturated carbocycles. The van der Waals surface area contributed by atoms with Crippen LogP contribution in [0.1, 0.15) is 0 Å². The third-order valence-corrected chi connectivity index (χ3v) is 3.78. The maximum Gasteiger partial charge on any atom is 0.262 e. The van der Waals surface area contributed by atoms with Crippen molar-refractivity contribution in [3.63, 3.8) is 0 Å². The second-order valence-electron chi connectivity index (χ2n) is 1.80. The Labute approximate surface area is 79.6 Å². The molecule has 0 aliphatic carbocycles. The molecule has 0 aromatic carbocycles. The molecule has 1 aromatic heterocycles. The van der Waals surface area contributed by atoms with Gasteiger partial charge in [-0.2, -0.15) is 0 Å². The lowest BCUT2D eigenvalue weighted by molar-refractivity contribution is 0.563. The van der Waals surface area contributed by atoms with Gasteiger partial charge in [0, 0.05) is 7.05 Å². The van der Waals surface area contributed by atoms with Crippen molar-refractivity contribution in [1.82, 2.24) is 0 Å². The second kappa shape index (κ2) is 3.66. The van der Waals surface area contributed by atoms with Crippen molar-refractivity contribution in [2.45, 2.75) is 0 Å². The smallest absolute Gasteiger partial charge is 0.262 e. The van der Waals surface area contributed by atoms with Crippen molar-refractivity contribution >= 4 is 43.5 Å². The maximum atomic E-state index is 10.6. The summed E-state index contributed by atoms with van der Waals surface area (Å²) in [6.07, 6.45) is 0. The maximum absolute atomic E-state index is 10.6. The van der Waals surface area contributed by atoms with Gasteiger partial charge >= 0.3 is 0 Å². The van der Waals surface area contributed by atoms with E-state index in [-0.39, 0.29) is 0 Å². The molecule has 0 aliphatic heterocycles. The summed E-state index contributed by atoms with van der Waals surface area (Å²) in [5.74, 6) is 0. The minimum atomic E-state index is -1.94. The Balaban J connectivity index is 2.92. The van der Waals surface area contributed by atoms with Crippen LogP contribution in [0.2, 0.25) is 0 Å². The molecule has 1 unspecified atom stereocenters. The molecule has 0 spiro atoms. The minimum Gasteiger partial charge on any atom is -0.289 e. The summed E-state index contributed by atoms with van der Waals surface area (Å²) in [6.45, 7) is 0. The molecule has 11 heavy (non-hydrogen) atoms. The topological polar surface area (TPSA) is 40.5 Å². The molecule has 0 aliphatic rings. The Bertz CT molecular complexity index is 275. The normalized spacial score (nSPS) is 13.0. The van der Waals surface area contributed by atoms with Gasteiger partial charge in [-0.25, -0.2) is 4.21 Å². The van der Waals surface area contributed by atoms with Crippen LogP contribution in [0.5, 0.6) is 0 Å². The first kappa shape index (κ1) is 9.18. The molecule has 0 bridgehead atoms. The van der Waals surface area contributed by atoms with Crippen LogP contribution in [0.15, 0.2) is 15.9 Å². The molecular weight excluding hydrogens is 250 g/mol. The summed E-state index contributed by atoms with van der Waals surface area (Å²) >= 11 is 2.73. The Hall–Kier alpha value is 0.0900. The Morgan fingerprint density at radius 2 is 2.45 bits per heavy atom. The van der Waals surface area contributed by atoms with Gasteiger partial charge in [0.05, 0.1) is 4.47 Å². The lowest BCUT2D eigenvalue weighted by Crippen LogP contribution is -2.18. The van der Waals surface area contributed by atoms with Crippen LogP contribution < -0.4 is 4.31 Å². The lowest BCUT2D eigenvalue weighted by Gasteiger charge is -2.10. The van der Waals surface area contributed by atoms with Gasteiger partial charge in [-0.15, -0.1) is 11.3 Å². The zero-order chi connectivity index (χ0) is 8.43. The highest BCUT2D eigenvalue weighted by Crippen LogP contribution is 2.31. The van der Waals surface area contributed by atoms with Gasteiger partial charge in [-0.05, 0) is 27.4 Å². The fraction of sp³-hybridized carbons (Fsp3) is 0.200. The average molecular weight is 256 g/mol. The van der Waals surface area contributed by atoms with E-state index in [0.29, 0.717) is 0 Å². The molecule has 1 atom stereocenters. The molecule has 1 N–H and O–H groups in total. The van der Waals surface area contributed by atoms with Gasteiger partial charge in [0.1, 0.15) is 5.00 Å². The lowest BCUT2D eigenvalue weighted by atomic mass is 10.6. The van der Waals surface area contributed by atoms with E-state index in [1.54, 1.807) is 7.05 Å². The van der Waals surface area contributed by atoms with Crippen LogP contribution in [-0.2, 0) is 11.3 Å². The molecule has 1 heterocycles. The van der Waals surface area contributed by atoms with Gasteiger partial charge in [0.2, 0.25) is 0 Å². The van der Waals surface area contributed by atoms with Crippen LogP contribution in [0.4, 0.5) is 5.00 Å². The molecule has 0 saturated heterocycles. The van der Waals surface area contributed by atoms with Gasteiger partial charge in [0.25, 0.3) is 11.3 Å². The third-order valence-electron chi connectivity index (χ3n) is 1.12. The van der Waals surface area contributed by atoms with E-state index >= 15 is 0 Å². The summed E-state index contributed by atoms with van der Waals surface area (Å²) in [7, 11) is 1.56. The number of halogens is 1. The van der Waals surface area contributed by atoms with Crippen molar-refractivity contribution in [2.75, 3.05) is 11.4 Å². The third kappa shape index (κ3) is 2.02. The van der Waals surface area contributed by atoms with Gasteiger partial charge in [0.15, 0.2) is 0 Å². The first-order chi connectivity index (χ1) is 5.13. The molecular formula is C5H6BrNO2S2. The van der Waals surface area contributed by atoms with Crippen LogP contribution in [-0.4, -0.2) is 15.8 Å². The van der Waals surface area contributed by atoms with E-state index in [1.165, 1.54) is 15.6 Å². The molecule has 6 heteroatoms. The summed E-state index contributed by atoms with van der Waals surface area (Å²) in [5, 5.41) is 2.61. The zero-order valence-electron chi connectivity index (χ0n) is 5.65. The SMILES string of the molecule is CN(c1sccc1Br)S(=O)O. The molecule has 0 fully saturated rings. The average Bonchev–Trinajstić information content (AvgIpc) is 2.33. The van der Waals surface area contributed by atoms with Crippen LogP contribution in [0.3, 0.4) is 0 Å². The van der Waals surface area contributed by atoms with Crippen LogP contribution in [0.25, 0.3) is 0 Å². The largest absolute Gasteiger partial charge is 0.289 e. The molecule has 1 rings (SSSR count). The Kier molecular flexibility index (Phi) is 3.06. The zero-order valence-corrected chi connectivity index (χ0v) is 8.87. The van der Waals surface area contributed by atoms with E-state index in [9.17, 15) is 4.21 Å². The number of hydrogen-bond acceptors (Lipinski definition) is 2. The highest BCUT2D eigenvalue weighted by molar-refractivity contribution is 9.10. The number of nitrogens with zero attached hydrogens (tertiary/aromatic N) is 1. The summed E-state index contributed by atoms with van der Waals surface area (Å²) in [6, 6.07) is 1.84. The number of thiophene rings is 1. The first-order valence-corrected chi connectivity index (χ1v) is 5.44. The number of anilines is 1. The van der Waals surface area contributed by atoms with Crippen molar-refractivity contribution in [3.05, 3.63) is 15.9 Å². The Morgan fingerprint density at radius 1 is 1.82 bits per heavy atom. The molecule has 62 valence electrons. The monoisotopic (exact) mass is 255 g/mol. The molecule has 3 nitrogen and oxygen atoms in total. The van der Waals surface area contributed by atoms with E-state index in [2.05, 4.69) is 15.9 Å². The Morgan fingerprint density at radius 3 is 2.82 bits per heavy atom. The first-order valence-electron chi connectivity index (χ1n) is 2.70. The quantitative estimate of drug-likeness (QED) is 0.823. The fourth-order valence-electron chi connectivity index (χ4n) is 0.581. The van der Waals surface area contributed by atoms with Gasteiger partial charge in [-0.3, -0.25) is 8.86 Å². The van der Waals surface area contributed by atoms with E-state index in [0.717, 1.165) is 9.47 Å². The predicted molar refractivity (Wildman–Crippen MR) is 51.2 cm³/mol. The number of rotatable bonds is 2. The van der Waals surface area contributed by atoms with Crippen LogP contribution in [0, 0.1) is 0 Å². The highest BCUT2D eigenvalue weighted by atomic mass is 79.9. The van der Waals surface area contributed by atoms with Crippen molar-refractivity contribution < 1.29 is 8.76 Å². The highest BCUT2D eigenvalue weighted by Gasteiger charge is 2.10. The fourth-order valence-corrected chi connectivity index (χ4v) is 2.77. The second-order valence-corrected chi connectivity index (χ2v) is 4.56.